The Kier molecular flexibility index (Phi) is 9.85. The van der Waals surface area contributed by atoms with Gasteiger partial charge in [-0.3, -0.25) is 48.3 Å². The molecule has 3 aromatic rings. The Bertz CT molecular complexity index is 2230. The highest BCUT2D eigenvalue weighted by molar-refractivity contribution is 6.34. The summed E-state index contributed by atoms with van der Waals surface area (Å²) in [6.45, 7) is 0.392. The van der Waals surface area contributed by atoms with Crippen LogP contribution in [0.1, 0.15) is 121 Å². The van der Waals surface area contributed by atoms with Gasteiger partial charge in [0.1, 0.15) is 46.8 Å². The number of hydrogen-bond donors (Lipinski definition) is 4. The zero-order chi connectivity index (χ0) is 39.2. The van der Waals surface area contributed by atoms with E-state index in [0.717, 1.165) is 43.4 Å². The highest BCUT2D eigenvalue weighted by Crippen LogP contribution is 2.59. The Hall–Kier alpha value is -5.64. The van der Waals surface area contributed by atoms with Crippen LogP contribution in [-0.2, 0) is 20.0 Å². The van der Waals surface area contributed by atoms with Gasteiger partial charge in [-0.1, -0.05) is 30.9 Å². The van der Waals surface area contributed by atoms with Crippen LogP contribution in [0.5, 0.6) is 5.75 Å². The number of imide groups is 2. The van der Waals surface area contributed by atoms with Crippen LogP contribution in [-0.4, -0.2) is 67.5 Å². The molecule has 4 N–H and O–H groups in total. The molecule has 5 aliphatic rings. The van der Waals surface area contributed by atoms with Crippen LogP contribution in [0.25, 0.3) is 0 Å². The SMILES string of the molecule is O=C1CCC(N2C(=O)c3ccc(OCCCCCCCC(=O)Nc4cc(Nc5cc(Cl)c6n(c5=O)C5(CCC7(CC7)CC5)NC6=O)ncn4)cc3C2=O)C(=O)N1. The lowest BCUT2D eigenvalue weighted by atomic mass is 9.79. The fourth-order valence-electron chi connectivity index (χ4n) is 8.32. The van der Waals surface area contributed by atoms with Gasteiger partial charge in [-0.05, 0) is 87.5 Å². The average molecular weight is 785 g/mol. The molecule has 1 aromatic carbocycles. The molecule has 1 saturated heterocycles. The predicted octanol–water partition coefficient (Wildman–Crippen LogP) is 4.55. The summed E-state index contributed by atoms with van der Waals surface area (Å²) in [7, 11) is 0. The van der Waals surface area contributed by atoms with Crippen LogP contribution in [0.2, 0.25) is 5.02 Å². The van der Waals surface area contributed by atoms with Gasteiger partial charge in [-0.15, -0.1) is 0 Å². The Morgan fingerprint density at radius 3 is 2.36 bits per heavy atom. The maximum Gasteiger partial charge on any atom is 0.276 e. The number of nitrogens with one attached hydrogen (secondary N) is 4. The van der Waals surface area contributed by atoms with Gasteiger partial charge in [0.15, 0.2) is 0 Å². The standard InChI is InChI=1S/C39H41ClN8O8/c40-25-19-26(37(55)48-32(25)34(52)46-39(48)15-13-38(11-12-38)14-16-39)43-28-20-29(42-21-41-28)44-30(49)6-4-2-1-3-5-17-56-22-7-8-23-24(18-22)36(54)47(35(23)53)27-9-10-31(50)45-33(27)51/h7-8,18-21,27H,1-6,9-17H2,(H,46,52)(H,45,50,51)(H2,41,42,43,44,49). The zero-order valence-electron chi connectivity index (χ0n) is 30.6. The molecule has 17 heteroatoms. The predicted molar refractivity (Wildman–Crippen MR) is 202 cm³/mol. The Morgan fingerprint density at radius 1 is 0.875 bits per heavy atom. The molecule has 16 nitrogen and oxygen atoms in total. The molecule has 3 fully saturated rings. The van der Waals surface area contributed by atoms with E-state index in [2.05, 4.69) is 31.2 Å². The van der Waals surface area contributed by atoms with Gasteiger partial charge in [-0.2, -0.15) is 0 Å². The topological polar surface area (TPSA) is 211 Å². The largest absolute Gasteiger partial charge is 0.494 e. The molecule has 2 aromatic heterocycles. The summed E-state index contributed by atoms with van der Waals surface area (Å²) >= 11 is 6.56. The van der Waals surface area contributed by atoms with Crippen molar-refractivity contribution in [3.05, 3.63) is 68.9 Å². The second kappa shape index (κ2) is 14.8. The van der Waals surface area contributed by atoms with E-state index in [1.807, 2.05) is 0 Å². The minimum absolute atomic E-state index is 0.0531. The summed E-state index contributed by atoms with van der Waals surface area (Å²) in [5.74, 6) is -1.80. The summed E-state index contributed by atoms with van der Waals surface area (Å²) in [6, 6.07) is 6.58. The van der Waals surface area contributed by atoms with Crippen LogP contribution in [0.3, 0.4) is 0 Å². The second-order valence-corrected chi connectivity index (χ2v) is 15.8. The molecule has 56 heavy (non-hydrogen) atoms. The third kappa shape index (κ3) is 7.13. The minimum Gasteiger partial charge on any atom is -0.494 e. The number of rotatable bonds is 13. The molecule has 2 saturated carbocycles. The van der Waals surface area contributed by atoms with Crippen LogP contribution >= 0.6 is 11.6 Å². The van der Waals surface area contributed by atoms with E-state index in [9.17, 15) is 33.6 Å². The molecule has 3 aliphatic heterocycles. The van der Waals surface area contributed by atoms with Gasteiger partial charge in [0.05, 0.1) is 22.8 Å². The number of carbonyl (C=O) groups is 6. The van der Waals surface area contributed by atoms with Crippen LogP contribution in [0.15, 0.2) is 41.5 Å². The number of amides is 6. The first-order chi connectivity index (χ1) is 27.0. The molecule has 6 amide bonds. The van der Waals surface area contributed by atoms with E-state index in [4.69, 9.17) is 16.3 Å². The molecule has 2 aliphatic carbocycles. The molecule has 2 spiro atoms. The third-order valence-electron chi connectivity index (χ3n) is 11.7. The molecular weight excluding hydrogens is 744 g/mol. The van der Waals surface area contributed by atoms with E-state index in [-0.39, 0.29) is 75.8 Å². The number of nitrogens with zero attached hydrogens (tertiary/aromatic N) is 4. The highest BCUT2D eigenvalue weighted by atomic mass is 35.5. The van der Waals surface area contributed by atoms with E-state index in [1.54, 1.807) is 6.07 Å². The summed E-state index contributed by atoms with van der Waals surface area (Å²) in [5, 5.41) is 11.2. The number of halogens is 1. The third-order valence-corrected chi connectivity index (χ3v) is 12.0. The maximum absolute atomic E-state index is 13.8. The van der Waals surface area contributed by atoms with Gasteiger partial charge >= 0.3 is 0 Å². The smallest absolute Gasteiger partial charge is 0.276 e. The normalized spacial score (nSPS) is 20.1. The first kappa shape index (κ1) is 37.3. The van der Waals surface area contributed by atoms with Crippen molar-refractivity contribution in [2.45, 2.75) is 102 Å². The summed E-state index contributed by atoms with van der Waals surface area (Å²) in [5.41, 5.74) is -0.105. The maximum atomic E-state index is 13.8. The summed E-state index contributed by atoms with van der Waals surface area (Å²) < 4.78 is 7.35. The number of aromatic nitrogens is 3. The molecule has 0 radical (unpaired) electrons. The van der Waals surface area contributed by atoms with Crippen LogP contribution < -0.4 is 31.6 Å². The van der Waals surface area contributed by atoms with Crippen molar-refractivity contribution in [1.82, 2.24) is 30.1 Å². The number of hydrogen-bond acceptors (Lipinski definition) is 11. The van der Waals surface area contributed by atoms with Gasteiger partial charge in [0.2, 0.25) is 17.7 Å². The number of benzene rings is 1. The number of piperidine rings is 1. The lowest BCUT2D eigenvalue weighted by Crippen LogP contribution is -2.54. The Morgan fingerprint density at radius 2 is 1.59 bits per heavy atom. The van der Waals surface area contributed by atoms with Gasteiger partial charge < -0.3 is 20.7 Å². The highest BCUT2D eigenvalue weighted by Gasteiger charge is 2.54. The van der Waals surface area contributed by atoms with Crippen LogP contribution in [0.4, 0.5) is 17.3 Å². The van der Waals surface area contributed by atoms with Gasteiger partial charge in [-0.25, -0.2) is 9.97 Å². The molecular formula is C39H41ClN8O8. The molecule has 1 atom stereocenters. The molecule has 8 rings (SSSR count). The lowest BCUT2D eigenvalue weighted by Gasteiger charge is -2.38. The van der Waals surface area contributed by atoms with Crippen molar-refractivity contribution < 1.29 is 33.5 Å². The van der Waals surface area contributed by atoms with Gasteiger partial charge in [0.25, 0.3) is 23.3 Å². The van der Waals surface area contributed by atoms with Crippen molar-refractivity contribution in [2.75, 3.05) is 17.2 Å². The first-order valence-electron chi connectivity index (χ1n) is 19.1. The van der Waals surface area contributed by atoms with Crippen molar-refractivity contribution in [2.24, 2.45) is 5.41 Å². The molecule has 1 unspecified atom stereocenters. The second-order valence-electron chi connectivity index (χ2n) is 15.4. The number of anilines is 3. The number of carbonyl (C=O) groups excluding carboxylic acids is 6. The van der Waals surface area contributed by atoms with Crippen molar-refractivity contribution in [3.63, 3.8) is 0 Å². The Labute approximate surface area is 326 Å². The summed E-state index contributed by atoms with van der Waals surface area (Å²) in [4.78, 5) is 98.5. The van der Waals surface area contributed by atoms with Crippen molar-refractivity contribution >= 4 is 64.4 Å². The number of pyridine rings is 1. The number of unbranched alkanes of at least 4 members (excludes halogenated alkanes) is 4. The minimum atomic E-state index is -1.02. The van der Waals surface area contributed by atoms with Gasteiger partial charge in [0, 0.05) is 18.9 Å². The molecule has 5 heterocycles. The van der Waals surface area contributed by atoms with E-state index in [1.165, 1.54) is 48.0 Å². The molecule has 0 bridgehead atoms. The van der Waals surface area contributed by atoms with E-state index < -0.39 is 35.3 Å². The number of ether oxygens (including phenoxy) is 1. The fraction of sp³-hybridized carbons (Fsp3) is 0.462. The quantitative estimate of drug-likeness (QED) is 0.140. The molecule has 292 valence electrons. The van der Waals surface area contributed by atoms with E-state index >= 15 is 0 Å². The van der Waals surface area contributed by atoms with Crippen molar-refractivity contribution in [1.29, 1.82) is 0 Å². The zero-order valence-corrected chi connectivity index (χ0v) is 31.3. The number of fused-ring (bicyclic) bond motifs is 3. The lowest BCUT2D eigenvalue weighted by molar-refractivity contribution is -0.136. The van der Waals surface area contributed by atoms with Crippen LogP contribution in [0, 0.1) is 5.41 Å². The first-order valence-corrected chi connectivity index (χ1v) is 19.5. The summed E-state index contributed by atoms with van der Waals surface area (Å²) in [6.07, 6.45) is 11.3. The monoisotopic (exact) mass is 784 g/mol. The Balaban J connectivity index is 0.767. The van der Waals surface area contributed by atoms with Crippen molar-refractivity contribution in [3.8, 4) is 5.75 Å². The fourth-order valence-corrected chi connectivity index (χ4v) is 8.60. The average Bonchev–Trinajstić information content (AvgIpc) is 3.81. The van der Waals surface area contributed by atoms with E-state index in [0.29, 0.717) is 37.0 Å².